The quantitative estimate of drug-likeness (QED) is 0.673. The molecule has 0 bridgehead atoms. The van der Waals surface area contributed by atoms with Gasteiger partial charge in [-0.15, -0.1) is 0 Å². The van der Waals surface area contributed by atoms with Gasteiger partial charge in [-0.3, -0.25) is 14.5 Å². The van der Waals surface area contributed by atoms with Gasteiger partial charge in [0.2, 0.25) is 0 Å². The van der Waals surface area contributed by atoms with Gasteiger partial charge in [0, 0.05) is 32.7 Å². The van der Waals surface area contributed by atoms with Crippen molar-refractivity contribution in [1.82, 2.24) is 9.80 Å². The second-order valence-corrected chi connectivity index (χ2v) is 7.24. The molecule has 0 saturated carbocycles. The normalized spacial score (nSPS) is 15.6. The van der Waals surface area contributed by atoms with Crippen LogP contribution in [0.1, 0.15) is 18.1 Å². The van der Waals surface area contributed by atoms with Gasteiger partial charge in [-0.1, -0.05) is 42.5 Å². The van der Waals surface area contributed by atoms with Crippen molar-refractivity contribution in [2.75, 3.05) is 33.3 Å². The van der Waals surface area contributed by atoms with E-state index < -0.39 is 12.1 Å². The van der Waals surface area contributed by atoms with Crippen LogP contribution in [0.25, 0.3) is 0 Å². The average molecular weight is 396 g/mol. The Hall–Kier alpha value is -2.86. The number of benzene rings is 2. The van der Waals surface area contributed by atoms with Crippen LogP contribution in [-0.2, 0) is 27.3 Å². The number of hydrogen-bond donors (Lipinski definition) is 0. The molecule has 29 heavy (non-hydrogen) atoms. The van der Waals surface area contributed by atoms with E-state index >= 15 is 0 Å². The van der Waals surface area contributed by atoms with Crippen molar-refractivity contribution in [1.29, 1.82) is 0 Å². The molecule has 6 heteroatoms. The van der Waals surface area contributed by atoms with Crippen molar-refractivity contribution in [3.63, 3.8) is 0 Å². The fraction of sp³-hybridized carbons (Fsp3) is 0.391. The summed E-state index contributed by atoms with van der Waals surface area (Å²) in [5.41, 5.74) is 2.10. The molecule has 6 nitrogen and oxygen atoms in total. The zero-order chi connectivity index (χ0) is 20.6. The molecule has 0 spiro atoms. The van der Waals surface area contributed by atoms with Crippen LogP contribution in [0, 0.1) is 0 Å². The Morgan fingerprint density at radius 1 is 0.931 bits per heavy atom. The van der Waals surface area contributed by atoms with Gasteiger partial charge in [0.15, 0.2) is 6.10 Å². The molecule has 3 rings (SSSR count). The second kappa shape index (κ2) is 10.1. The minimum absolute atomic E-state index is 0.131. The number of methoxy groups -OCH3 is 1. The predicted molar refractivity (Wildman–Crippen MR) is 111 cm³/mol. The highest BCUT2D eigenvalue weighted by atomic mass is 16.5. The summed E-state index contributed by atoms with van der Waals surface area (Å²) in [5, 5.41) is 0. The van der Waals surface area contributed by atoms with Crippen LogP contribution in [0.4, 0.5) is 0 Å². The number of hydrogen-bond acceptors (Lipinski definition) is 5. The molecule has 1 amide bonds. The van der Waals surface area contributed by atoms with Gasteiger partial charge in [-0.2, -0.15) is 0 Å². The van der Waals surface area contributed by atoms with E-state index in [-0.39, 0.29) is 12.3 Å². The maximum absolute atomic E-state index is 12.6. The highest BCUT2D eigenvalue weighted by Gasteiger charge is 2.27. The second-order valence-electron chi connectivity index (χ2n) is 7.24. The molecule has 0 N–H and O–H groups in total. The van der Waals surface area contributed by atoms with Crippen molar-refractivity contribution < 1.29 is 19.1 Å². The maximum Gasteiger partial charge on any atom is 0.311 e. The van der Waals surface area contributed by atoms with E-state index in [1.807, 2.05) is 30.3 Å². The summed E-state index contributed by atoms with van der Waals surface area (Å²) in [5.74, 6) is 0.197. The molecule has 0 radical (unpaired) electrons. The molecule has 154 valence electrons. The molecule has 0 aromatic heterocycles. The molecule has 1 saturated heterocycles. The third-order valence-electron chi connectivity index (χ3n) is 5.10. The zero-order valence-corrected chi connectivity index (χ0v) is 17.0. The van der Waals surface area contributed by atoms with Gasteiger partial charge in [0.25, 0.3) is 5.91 Å². The number of nitrogens with zero attached hydrogens (tertiary/aromatic N) is 2. The van der Waals surface area contributed by atoms with Crippen LogP contribution >= 0.6 is 0 Å². The largest absolute Gasteiger partial charge is 0.497 e. The van der Waals surface area contributed by atoms with Crippen LogP contribution in [0.3, 0.4) is 0 Å². The molecule has 1 atom stereocenters. The summed E-state index contributed by atoms with van der Waals surface area (Å²) < 4.78 is 10.5. The summed E-state index contributed by atoms with van der Waals surface area (Å²) in [7, 11) is 1.60. The monoisotopic (exact) mass is 396 g/mol. The first kappa shape index (κ1) is 20.9. The molecule has 1 fully saturated rings. The minimum atomic E-state index is -0.776. The van der Waals surface area contributed by atoms with Gasteiger partial charge in [0.1, 0.15) is 5.75 Å². The lowest BCUT2D eigenvalue weighted by Crippen LogP contribution is -2.51. The standard InChI is InChI=1S/C23H28N2O4/c1-18(29-22(26)16-19-8-10-21(28-2)11-9-19)23(27)25-14-12-24(13-15-25)17-20-6-4-3-5-7-20/h3-11,18H,12-17H2,1-2H3. The maximum atomic E-state index is 12.6. The van der Waals surface area contributed by atoms with E-state index in [4.69, 9.17) is 9.47 Å². The molecular formula is C23H28N2O4. The summed E-state index contributed by atoms with van der Waals surface area (Å²) in [6, 6.07) is 17.5. The first-order valence-corrected chi connectivity index (χ1v) is 9.92. The van der Waals surface area contributed by atoms with Gasteiger partial charge >= 0.3 is 5.97 Å². The Morgan fingerprint density at radius 2 is 1.59 bits per heavy atom. The number of esters is 1. The van der Waals surface area contributed by atoms with Crippen molar-refractivity contribution in [2.45, 2.75) is 26.0 Å². The van der Waals surface area contributed by atoms with Crippen LogP contribution in [0.5, 0.6) is 5.75 Å². The third-order valence-corrected chi connectivity index (χ3v) is 5.10. The van der Waals surface area contributed by atoms with Crippen LogP contribution in [-0.4, -0.2) is 61.1 Å². The lowest BCUT2D eigenvalue weighted by molar-refractivity contribution is -0.159. The Labute approximate surface area is 172 Å². The highest BCUT2D eigenvalue weighted by molar-refractivity contribution is 5.84. The fourth-order valence-electron chi connectivity index (χ4n) is 3.42. The Morgan fingerprint density at radius 3 is 2.21 bits per heavy atom. The smallest absolute Gasteiger partial charge is 0.311 e. The van der Waals surface area contributed by atoms with Crippen LogP contribution in [0.15, 0.2) is 54.6 Å². The first-order valence-electron chi connectivity index (χ1n) is 9.92. The lowest BCUT2D eigenvalue weighted by atomic mass is 10.1. The van der Waals surface area contributed by atoms with E-state index in [1.54, 1.807) is 31.1 Å². The molecule has 2 aromatic rings. The van der Waals surface area contributed by atoms with E-state index in [2.05, 4.69) is 17.0 Å². The average Bonchev–Trinajstić information content (AvgIpc) is 2.75. The van der Waals surface area contributed by atoms with Gasteiger partial charge in [-0.05, 0) is 30.2 Å². The summed E-state index contributed by atoms with van der Waals surface area (Å²) in [4.78, 5) is 29.0. The van der Waals surface area contributed by atoms with E-state index in [0.29, 0.717) is 13.1 Å². The molecule has 2 aromatic carbocycles. The van der Waals surface area contributed by atoms with Crippen molar-refractivity contribution in [3.8, 4) is 5.75 Å². The van der Waals surface area contributed by atoms with Crippen molar-refractivity contribution in [2.24, 2.45) is 0 Å². The predicted octanol–water partition coefficient (Wildman–Crippen LogP) is 2.51. The number of piperazine rings is 1. The summed E-state index contributed by atoms with van der Waals surface area (Å²) >= 11 is 0. The number of carbonyl (C=O) groups excluding carboxylic acids is 2. The third kappa shape index (κ3) is 6.06. The van der Waals surface area contributed by atoms with Gasteiger partial charge in [0.05, 0.1) is 13.5 Å². The Kier molecular flexibility index (Phi) is 7.25. The fourth-order valence-corrected chi connectivity index (χ4v) is 3.42. The molecule has 0 aliphatic carbocycles. The van der Waals surface area contributed by atoms with Crippen molar-refractivity contribution in [3.05, 3.63) is 65.7 Å². The topological polar surface area (TPSA) is 59.1 Å². The van der Waals surface area contributed by atoms with Gasteiger partial charge < -0.3 is 14.4 Å². The number of rotatable bonds is 7. The van der Waals surface area contributed by atoms with Crippen LogP contribution in [0.2, 0.25) is 0 Å². The van der Waals surface area contributed by atoms with Crippen LogP contribution < -0.4 is 4.74 Å². The summed E-state index contributed by atoms with van der Waals surface area (Å²) in [6.45, 7) is 5.44. The first-order chi connectivity index (χ1) is 14.0. The number of amides is 1. The Bertz CT molecular complexity index is 799. The minimum Gasteiger partial charge on any atom is -0.497 e. The zero-order valence-electron chi connectivity index (χ0n) is 17.0. The molecule has 1 heterocycles. The highest BCUT2D eigenvalue weighted by Crippen LogP contribution is 2.13. The Balaban J connectivity index is 1.43. The van der Waals surface area contributed by atoms with Crippen molar-refractivity contribution >= 4 is 11.9 Å². The lowest BCUT2D eigenvalue weighted by Gasteiger charge is -2.35. The van der Waals surface area contributed by atoms with E-state index in [1.165, 1.54) is 5.56 Å². The SMILES string of the molecule is COc1ccc(CC(=O)OC(C)C(=O)N2CCN(Cc3ccccc3)CC2)cc1. The number of carbonyl (C=O) groups is 2. The molecule has 1 aliphatic heterocycles. The van der Waals surface area contributed by atoms with Gasteiger partial charge in [-0.25, -0.2) is 0 Å². The summed E-state index contributed by atoms with van der Waals surface area (Å²) in [6.07, 6.45) is -0.645. The van der Waals surface area contributed by atoms with E-state index in [0.717, 1.165) is 30.9 Å². The molecule has 1 aliphatic rings. The number of ether oxygens (including phenoxy) is 2. The van der Waals surface area contributed by atoms with E-state index in [9.17, 15) is 9.59 Å². The molecule has 1 unspecified atom stereocenters. The molecular weight excluding hydrogens is 368 g/mol.